The average molecular weight is 314 g/mol. The highest BCUT2D eigenvalue weighted by molar-refractivity contribution is 9.10. The minimum absolute atomic E-state index is 0.469. The van der Waals surface area contributed by atoms with Gasteiger partial charge in [0.2, 0.25) is 0 Å². The van der Waals surface area contributed by atoms with Crippen LogP contribution >= 0.6 is 50.9 Å². The molecule has 0 saturated heterocycles. The zero-order valence-electron chi connectivity index (χ0n) is 7.77. The molecule has 1 aromatic rings. The lowest BCUT2D eigenvalue weighted by molar-refractivity contribution is 1.12. The van der Waals surface area contributed by atoms with Crippen LogP contribution in [0.2, 0.25) is 5.02 Å². The summed E-state index contributed by atoms with van der Waals surface area (Å²) >= 11 is 17.0. The van der Waals surface area contributed by atoms with Gasteiger partial charge in [-0.15, -0.1) is 11.6 Å². The van der Waals surface area contributed by atoms with E-state index in [1.54, 1.807) is 0 Å². The average Bonchev–Trinajstić information content (AvgIpc) is 2.16. The maximum Gasteiger partial charge on any atom is 0.0457 e. The van der Waals surface area contributed by atoms with E-state index in [-0.39, 0.29) is 0 Å². The van der Waals surface area contributed by atoms with Gasteiger partial charge in [0, 0.05) is 26.4 Å². The molecule has 0 aliphatic carbocycles. The lowest BCUT2D eigenvalue weighted by atomic mass is 10.2. The summed E-state index contributed by atoms with van der Waals surface area (Å²) in [4.78, 5) is 0. The summed E-state index contributed by atoms with van der Waals surface area (Å²) in [6.45, 7) is 2.12. The quantitative estimate of drug-likeness (QED) is 0.708. The minimum Gasteiger partial charge on any atom is -0.153 e. The SMILES string of the molecule is CC(CCl)SCc1ccc(Br)cc1Cl. The summed E-state index contributed by atoms with van der Waals surface area (Å²) in [6, 6.07) is 5.97. The number of hydrogen-bond acceptors (Lipinski definition) is 1. The predicted molar refractivity (Wildman–Crippen MR) is 70.6 cm³/mol. The van der Waals surface area contributed by atoms with E-state index in [9.17, 15) is 0 Å². The predicted octanol–water partition coefficient (Wildman–Crippen LogP) is 4.96. The van der Waals surface area contributed by atoms with E-state index in [2.05, 4.69) is 22.9 Å². The summed E-state index contributed by atoms with van der Waals surface area (Å²) in [5, 5.41) is 1.28. The number of benzene rings is 1. The summed E-state index contributed by atoms with van der Waals surface area (Å²) in [5.74, 6) is 1.60. The van der Waals surface area contributed by atoms with Crippen LogP contribution in [-0.2, 0) is 5.75 Å². The van der Waals surface area contributed by atoms with Crippen LogP contribution in [0.5, 0.6) is 0 Å². The van der Waals surface area contributed by atoms with Crippen molar-refractivity contribution in [3.63, 3.8) is 0 Å². The number of alkyl halides is 1. The van der Waals surface area contributed by atoms with E-state index in [0.717, 1.165) is 20.8 Å². The Labute approximate surface area is 107 Å². The molecule has 0 amide bonds. The first-order valence-corrected chi connectivity index (χ1v) is 7.00. The van der Waals surface area contributed by atoms with Crippen molar-refractivity contribution in [1.82, 2.24) is 0 Å². The van der Waals surface area contributed by atoms with Gasteiger partial charge in [0.15, 0.2) is 0 Å². The fraction of sp³-hybridized carbons (Fsp3) is 0.400. The van der Waals surface area contributed by atoms with Gasteiger partial charge in [-0.25, -0.2) is 0 Å². The standard InChI is InChI=1S/C10H11BrCl2S/c1-7(5-12)14-6-8-2-3-9(11)4-10(8)13/h2-4,7H,5-6H2,1H3. The Morgan fingerprint density at radius 3 is 2.79 bits per heavy atom. The summed E-state index contributed by atoms with van der Waals surface area (Å²) in [7, 11) is 0. The fourth-order valence-electron chi connectivity index (χ4n) is 0.915. The van der Waals surface area contributed by atoms with Crippen LogP contribution in [0.25, 0.3) is 0 Å². The Bertz CT molecular complexity index is 304. The lowest BCUT2D eigenvalue weighted by Gasteiger charge is -2.08. The van der Waals surface area contributed by atoms with E-state index in [1.807, 2.05) is 30.0 Å². The zero-order chi connectivity index (χ0) is 10.6. The molecule has 0 heterocycles. The maximum atomic E-state index is 6.08. The van der Waals surface area contributed by atoms with Crippen molar-refractivity contribution in [1.29, 1.82) is 0 Å². The van der Waals surface area contributed by atoms with Crippen molar-refractivity contribution in [3.8, 4) is 0 Å². The molecule has 0 saturated carbocycles. The van der Waals surface area contributed by atoms with Gasteiger partial charge < -0.3 is 0 Å². The number of thioether (sulfide) groups is 1. The Morgan fingerprint density at radius 2 is 2.21 bits per heavy atom. The summed E-state index contributed by atoms with van der Waals surface area (Å²) < 4.78 is 1.02. The molecule has 1 unspecified atom stereocenters. The first-order chi connectivity index (χ1) is 6.63. The molecule has 0 N–H and O–H groups in total. The molecule has 4 heteroatoms. The fourth-order valence-corrected chi connectivity index (χ4v) is 2.81. The minimum atomic E-state index is 0.469. The molecule has 0 fully saturated rings. The van der Waals surface area contributed by atoms with Crippen LogP contribution < -0.4 is 0 Å². The van der Waals surface area contributed by atoms with Gasteiger partial charge in [0.25, 0.3) is 0 Å². The molecule has 78 valence electrons. The van der Waals surface area contributed by atoms with Crippen LogP contribution in [0, 0.1) is 0 Å². The van der Waals surface area contributed by atoms with Gasteiger partial charge in [-0.2, -0.15) is 11.8 Å². The van der Waals surface area contributed by atoms with Gasteiger partial charge in [-0.3, -0.25) is 0 Å². The van der Waals surface area contributed by atoms with Gasteiger partial charge in [-0.1, -0.05) is 40.5 Å². The topological polar surface area (TPSA) is 0 Å². The molecule has 0 bridgehead atoms. The molecule has 1 aromatic carbocycles. The molecule has 0 aliphatic rings. The van der Waals surface area contributed by atoms with Crippen LogP contribution in [0.15, 0.2) is 22.7 Å². The van der Waals surface area contributed by atoms with E-state index >= 15 is 0 Å². The van der Waals surface area contributed by atoms with Gasteiger partial charge >= 0.3 is 0 Å². The molecule has 0 aromatic heterocycles. The maximum absolute atomic E-state index is 6.08. The molecule has 1 rings (SSSR count). The normalized spacial score (nSPS) is 12.9. The Hall–Kier alpha value is 0.630. The first kappa shape index (κ1) is 12.7. The third-order valence-corrected chi connectivity index (χ3v) is 4.46. The van der Waals surface area contributed by atoms with Crippen molar-refractivity contribution >= 4 is 50.9 Å². The number of halogens is 3. The van der Waals surface area contributed by atoms with Crippen molar-refractivity contribution in [2.24, 2.45) is 0 Å². The highest BCUT2D eigenvalue weighted by Gasteiger charge is 2.04. The van der Waals surface area contributed by atoms with E-state index < -0.39 is 0 Å². The van der Waals surface area contributed by atoms with Crippen molar-refractivity contribution < 1.29 is 0 Å². The Kier molecular flexibility index (Phi) is 5.68. The molecule has 1 atom stereocenters. The lowest BCUT2D eigenvalue weighted by Crippen LogP contribution is -1.97. The third-order valence-electron chi connectivity index (χ3n) is 1.76. The Morgan fingerprint density at radius 1 is 1.50 bits per heavy atom. The molecule has 14 heavy (non-hydrogen) atoms. The molecule has 0 spiro atoms. The van der Waals surface area contributed by atoms with E-state index in [0.29, 0.717) is 11.1 Å². The van der Waals surface area contributed by atoms with Gasteiger partial charge in [0.05, 0.1) is 0 Å². The molecule has 0 aliphatic heterocycles. The molecule has 0 radical (unpaired) electrons. The largest absolute Gasteiger partial charge is 0.153 e. The molecular weight excluding hydrogens is 303 g/mol. The highest BCUT2D eigenvalue weighted by Crippen LogP contribution is 2.26. The Balaban J connectivity index is 2.59. The summed E-state index contributed by atoms with van der Waals surface area (Å²) in [5.41, 5.74) is 1.16. The van der Waals surface area contributed by atoms with Crippen molar-refractivity contribution in [2.75, 3.05) is 5.88 Å². The molecule has 0 nitrogen and oxygen atoms in total. The second-order valence-corrected chi connectivity index (χ2v) is 6.07. The summed E-state index contributed by atoms with van der Waals surface area (Å²) in [6.07, 6.45) is 0. The highest BCUT2D eigenvalue weighted by atomic mass is 79.9. The van der Waals surface area contributed by atoms with Crippen LogP contribution in [-0.4, -0.2) is 11.1 Å². The van der Waals surface area contributed by atoms with Gasteiger partial charge in [-0.05, 0) is 17.7 Å². The van der Waals surface area contributed by atoms with Crippen LogP contribution in [0.4, 0.5) is 0 Å². The zero-order valence-corrected chi connectivity index (χ0v) is 11.7. The second-order valence-electron chi connectivity index (χ2n) is 3.01. The van der Waals surface area contributed by atoms with Crippen LogP contribution in [0.1, 0.15) is 12.5 Å². The smallest absolute Gasteiger partial charge is 0.0457 e. The van der Waals surface area contributed by atoms with Crippen molar-refractivity contribution in [3.05, 3.63) is 33.3 Å². The van der Waals surface area contributed by atoms with Crippen LogP contribution in [0.3, 0.4) is 0 Å². The number of rotatable bonds is 4. The second kappa shape index (κ2) is 6.26. The van der Waals surface area contributed by atoms with E-state index in [4.69, 9.17) is 23.2 Å². The van der Waals surface area contributed by atoms with Gasteiger partial charge in [0.1, 0.15) is 0 Å². The van der Waals surface area contributed by atoms with E-state index in [1.165, 1.54) is 0 Å². The number of hydrogen-bond donors (Lipinski definition) is 0. The van der Waals surface area contributed by atoms with Crippen molar-refractivity contribution in [2.45, 2.75) is 17.9 Å². The monoisotopic (exact) mass is 312 g/mol. The first-order valence-electron chi connectivity index (χ1n) is 4.25. The molecular formula is C10H11BrCl2S. The third kappa shape index (κ3) is 4.01.